The molecule has 1 rings (SSSR count). The molecule has 4 heteroatoms. The second-order valence-electron chi connectivity index (χ2n) is 2.19. The summed E-state index contributed by atoms with van der Waals surface area (Å²) in [5.74, 6) is -1.55. The molecule has 1 aromatic carbocycles. The van der Waals surface area contributed by atoms with Crippen molar-refractivity contribution >= 4 is 9.84 Å². The van der Waals surface area contributed by atoms with Crippen LogP contribution >= 0.6 is 0 Å². The minimum absolute atomic E-state index is 0.108. The maximum Gasteiger partial charge on any atom is 0.202 e. The van der Waals surface area contributed by atoms with Crippen LogP contribution in [0.2, 0.25) is 0 Å². The molecule has 0 fully saturated rings. The summed E-state index contributed by atoms with van der Waals surface area (Å²) in [5.41, 5.74) is 0. The lowest BCUT2D eigenvalue weighted by molar-refractivity contribution is 0.250. The highest BCUT2D eigenvalue weighted by atomic mass is 32.2. The molecule has 12 heavy (non-hydrogen) atoms. The van der Waals surface area contributed by atoms with E-state index in [1.165, 1.54) is 19.2 Å². The van der Waals surface area contributed by atoms with E-state index < -0.39 is 15.8 Å². The fourth-order valence-corrected chi connectivity index (χ4v) is 1.69. The second kappa shape index (κ2) is 3.69. The average Bonchev–Trinajstić information content (AvgIpc) is 2.18. The van der Waals surface area contributed by atoms with Gasteiger partial charge in [0.25, 0.3) is 0 Å². The van der Waals surface area contributed by atoms with Gasteiger partial charge in [-0.1, -0.05) is 18.2 Å². The Morgan fingerprint density at radius 2 is 2.00 bits per heavy atom. The van der Waals surface area contributed by atoms with Crippen molar-refractivity contribution in [1.29, 1.82) is 0 Å². The minimum Gasteiger partial charge on any atom is -0.368 e. The van der Waals surface area contributed by atoms with Crippen molar-refractivity contribution in [3.8, 4) is 0 Å². The van der Waals surface area contributed by atoms with E-state index in [9.17, 15) is 8.42 Å². The van der Waals surface area contributed by atoms with Crippen molar-refractivity contribution in [2.75, 3.05) is 13.0 Å². The van der Waals surface area contributed by atoms with E-state index in [1.54, 1.807) is 18.2 Å². The van der Waals surface area contributed by atoms with Crippen LogP contribution in [-0.2, 0) is 14.6 Å². The highest BCUT2D eigenvalue weighted by molar-refractivity contribution is 7.91. The van der Waals surface area contributed by atoms with E-state index in [-0.39, 0.29) is 4.90 Å². The first-order chi connectivity index (χ1) is 6.09. The SMILES string of the molecule is [2H]C(OC)S(=O)(=O)c1ccccc1. The predicted octanol–water partition coefficient (Wildman–Crippen LogP) is 1.06. The molecule has 3 nitrogen and oxygen atoms in total. The fourth-order valence-electron chi connectivity index (χ4n) is 0.792. The zero-order valence-electron chi connectivity index (χ0n) is 7.60. The molecule has 0 aliphatic carbocycles. The number of sulfone groups is 1. The van der Waals surface area contributed by atoms with Crippen LogP contribution in [0, 0.1) is 0 Å². The molecule has 0 aliphatic heterocycles. The molecule has 0 N–H and O–H groups in total. The topological polar surface area (TPSA) is 43.4 Å². The van der Waals surface area contributed by atoms with Crippen LogP contribution in [-0.4, -0.2) is 21.4 Å². The van der Waals surface area contributed by atoms with Crippen molar-refractivity contribution in [2.24, 2.45) is 0 Å². The Bertz CT molecular complexity index is 360. The molecule has 1 aromatic rings. The van der Waals surface area contributed by atoms with Gasteiger partial charge in [0.15, 0.2) is 5.91 Å². The zero-order valence-corrected chi connectivity index (χ0v) is 7.41. The molecular weight excluding hydrogens is 176 g/mol. The van der Waals surface area contributed by atoms with Crippen LogP contribution in [0.15, 0.2) is 35.2 Å². The van der Waals surface area contributed by atoms with Crippen LogP contribution in [0.1, 0.15) is 1.37 Å². The molecule has 0 aromatic heterocycles. The molecule has 1 atom stereocenters. The van der Waals surface area contributed by atoms with Gasteiger partial charge in [0.1, 0.15) is 0 Å². The summed E-state index contributed by atoms with van der Waals surface area (Å²) in [6.45, 7) is 0. The largest absolute Gasteiger partial charge is 0.368 e. The molecule has 0 saturated carbocycles. The van der Waals surface area contributed by atoms with Gasteiger partial charge in [0.2, 0.25) is 9.84 Å². The Kier molecular flexibility index (Phi) is 2.39. The van der Waals surface area contributed by atoms with E-state index in [0.29, 0.717) is 0 Å². The second-order valence-corrected chi connectivity index (χ2v) is 3.94. The van der Waals surface area contributed by atoms with E-state index in [4.69, 9.17) is 1.37 Å². The molecule has 0 saturated heterocycles. The van der Waals surface area contributed by atoms with Gasteiger partial charge in [-0.3, -0.25) is 0 Å². The zero-order chi connectivity index (χ0) is 9.90. The Balaban J connectivity index is 3.09. The van der Waals surface area contributed by atoms with Gasteiger partial charge in [-0.2, -0.15) is 0 Å². The highest BCUT2D eigenvalue weighted by Crippen LogP contribution is 2.09. The van der Waals surface area contributed by atoms with Gasteiger partial charge >= 0.3 is 0 Å². The molecule has 0 bridgehead atoms. The van der Waals surface area contributed by atoms with Crippen LogP contribution in [0.3, 0.4) is 0 Å². The summed E-state index contributed by atoms with van der Waals surface area (Å²) in [6.07, 6.45) is 0. The molecule has 1 unspecified atom stereocenters. The van der Waals surface area contributed by atoms with E-state index in [0.717, 1.165) is 0 Å². The lowest BCUT2D eigenvalue weighted by Gasteiger charge is -2.01. The third-order valence-electron chi connectivity index (χ3n) is 1.29. The minimum atomic E-state index is -3.64. The maximum absolute atomic E-state index is 11.5. The monoisotopic (exact) mass is 187 g/mol. The molecule has 0 amide bonds. The van der Waals surface area contributed by atoms with Gasteiger partial charge in [-0.15, -0.1) is 0 Å². The Morgan fingerprint density at radius 1 is 1.42 bits per heavy atom. The van der Waals surface area contributed by atoms with E-state index >= 15 is 0 Å². The highest BCUT2D eigenvalue weighted by Gasteiger charge is 2.11. The van der Waals surface area contributed by atoms with E-state index in [1.807, 2.05) is 0 Å². The summed E-state index contributed by atoms with van der Waals surface area (Å²) in [7, 11) is -2.45. The van der Waals surface area contributed by atoms with Crippen molar-refractivity contribution in [3.05, 3.63) is 30.3 Å². The summed E-state index contributed by atoms with van der Waals surface area (Å²) in [4.78, 5) is 0.108. The molecule has 0 spiro atoms. The van der Waals surface area contributed by atoms with Gasteiger partial charge in [0, 0.05) is 7.11 Å². The first-order valence-electron chi connectivity index (χ1n) is 3.91. The first-order valence-corrected chi connectivity index (χ1v) is 4.87. The van der Waals surface area contributed by atoms with Gasteiger partial charge < -0.3 is 4.74 Å². The third-order valence-corrected chi connectivity index (χ3v) is 2.67. The van der Waals surface area contributed by atoms with Crippen molar-refractivity contribution in [2.45, 2.75) is 4.90 Å². The lowest BCUT2D eigenvalue weighted by Crippen LogP contribution is -2.07. The molecular formula is C8H10O3S. The summed E-state index contributed by atoms with van der Waals surface area (Å²) < 4.78 is 34.5. The van der Waals surface area contributed by atoms with Gasteiger partial charge in [-0.25, -0.2) is 8.42 Å². The van der Waals surface area contributed by atoms with E-state index in [2.05, 4.69) is 4.74 Å². The Morgan fingerprint density at radius 3 is 2.50 bits per heavy atom. The van der Waals surface area contributed by atoms with Crippen LogP contribution in [0.4, 0.5) is 0 Å². The van der Waals surface area contributed by atoms with Gasteiger partial charge in [0.05, 0.1) is 6.27 Å². The number of benzene rings is 1. The van der Waals surface area contributed by atoms with Crippen LogP contribution in [0.25, 0.3) is 0 Å². The smallest absolute Gasteiger partial charge is 0.202 e. The standard InChI is InChI=1S/C8H10O3S/c1-11-7-12(9,10)8-5-3-2-4-6-8/h2-6H,7H2,1H3/i7D. The maximum atomic E-state index is 11.5. The fraction of sp³-hybridized carbons (Fsp3) is 0.250. The number of rotatable bonds is 3. The number of hydrogen-bond donors (Lipinski definition) is 0. The summed E-state index contributed by atoms with van der Waals surface area (Å²) >= 11 is 0. The molecule has 66 valence electrons. The predicted molar refractivity (Wildman–Crippen MR) is 45.5 cm³/mol. The molecule has 0 radical (unpaired) electrons. The molecule has 0 aliphatic rings. The Labute approximate surface area is 73.3 Å². The van der Waals surface area contributed by atoms with Crippen molar-refractivity contribution < 1.29 is 14.5 Å². The summed E-state index contributed by atoms with van der Waals surface area (Å²) in [6, 6.07) is 7.81. The average molecular weight is 187 g/mol. The normalized spacial score (nSPS) is 15.2. The molecule has 0 heterocycles. The lowest BCUT2D eigenvalue weighted by atomic mass is 10.4. The number of methoxy groups -OCH3 is 1. The number of ether oxygens (including phenoxy) is 1. The van der Waals surface area contributed by atoms with Crippen molar-refractivity contribution in [3.63, 3.8) is 0 Å². The first kappa shape index (κ1) is 7.76. The Hall–Kier alpha value is -0.870. The van der Waals surface area contributed by atoms with Crippen LogP contribution in [0.5, 0.6) is 0 Å². The quantitative estimate of drug-likeness (QED) is 0.710. The third kappa shape index (κ3) is 2.06. The van der Waals surface area contributed by atoms with Crippen LogP contribution < -0.4 is 0 Å². The summed E-state index contributed by atoms with van der Waals surface area (Å²) in [5, 5.41) is 0. The van der Waals surface area contributed by atoms with Crippen molar-refractivity contribution in [1.82, 2.24) is 0 Å². The number of hydrogen-bond acceptors (Lipinski definition) is 3. The van der Waals surface area contributed by atoms with Gasteiger partial charge in [-0.05, 0) is 12.1 Å².